The summed E-state index contributed by atoms with van der Waals surface area (Å²) in [5, 5.41) is 8.73. The van der Waals surface area contributed by atoms with Crippen molar-refractivity contribution in [2.45, 2.75) is 6.61 Å². The van der Waals surface area contributed by atoms with Gasteiger partial charge in [-0.1, -0.05) is 0 Å². The summed E-state index contributed by atoms with van der Waals surface area (Å²) in [6.07, 6.45) is 0. The van der Waals surface area contributed by atoms with Crippen LogP contribution < -0.4 is 4.74 Å². The Hall–Kier alpha value is -1.95. The van der Waals surface area contributed by atoms with Crippen molar-refractivity contribution in [2.75, 3.05) is 0 Å². The summed E-state index contributed by atoms with van der Waals surface area (Å²) in [5.74, 6) is -2.38. The number of thiophene rings is 1. The third kappa shape index (κ3) is 3.04. The number of benzene rings is 1. The van der Waals surface area contributed by atoms with Gasteiger partial charge < -0.3 is 9.84 Å². The predicted octanol–water partition coefficient (Wildman–Crippen LogP) is 3.30. The average molecular weight is 270 g/mol. The van der Waals surface area contributed by atoms with E-state index in [-0.39, 0.29) is 17.2 Å². The SMILES string of the molecule is O=C(O)c1ccc(COc2cc(F)cc(F)c2)s1. The zero-order chi connectivity index (χ0) is 13.1. The average Bonchev–Trinajstić information content (AvgIpc) is 2.73. The van der Waals surface area contributed by atoms with Crippen LogP contribution in [-0.2, 0) is 6.61 Å². The molecule has 2 aromatic rings. The van der Waals surface area contributed by atoms with Crippen molar-refractivity contribution in [2.24, 2.45) is 0 Å². The van der Waals surface area contributed by atoms with Crippen molar-refractivity contribution < 1.29 is 23.4 Å². The Bertz CT molecular complexity index is 560. The lowest BCUT2D eigenvalue weighted by atomic mass is 10.3. The first-order valence-electron chi connectivity index (χ1n) is 4.95. The molecule has 0 radical (unpaired) electrons. The topological polar surface area (TPSA) is 46.5 Å². The first-order chi connectivity index (χ1) is 8.54. The third-order valence-electron chi connectivity index (χ3n) is 2.09. The molecular formula is C12H8F2O3S. The van der Waals surface area contributed by atoms with Crippen molar-refractivity contribution in [3.63, 3.8) is 0 Å². The number of halogens is 2. The van der Waals surface area contributed by atoms with Crippen LogP contribution in [0.25, 0.3) is 0 Å². The first-order valence-corrected chi connectivity index (χ1v) is 5.77. The number of rotatable bonds is 4. The zero-order valence-electron chi connectivity index (χ0n) is 9.02. The Labute approximate surface area is 105 Å². The van der Waals surface area contributed by atoms with Crippen molar-refractivity contribution in [1.29, 1.82) is 0 Å². The van der Waals surface area contributed by atoms with E-state index in [1.165, 1.54) is 6.07 Å². The number of carboxylic acid groups (broad SMARTS) is 1. The molecule has 0 fully saturated rings. The molecule has 1 heterocycles. The Morgan fingerprint density at radius 2 is 1.89 bits per heavy atom. The third-order valence-corrected chi connectivity index (χ3v) is 3.14. The predicted molar refractivity (Wildman–Crippen MR) is 62.0 cm³/mol. The molecule has 0 aliphatic rings. The second kappa shape index (κ2) is 5.14. The van der Waals surface area contributed by atoms with Gasteiger partial charge >= 0.3 is 5.97 Å². The Morgan fingerprint density at radius 1 is 1.22 bits per heavy atom. The molecule has 6 heteroatoms. The lowest BCUT2D eigenvalue weighted by molar-refractivity contribution is 0.0702. The molecule has 0 saturated carbocycles. The number of hydrogen-bond acceptors (Lipinski definition) is 3. The van der Waals surface area contributed by atoms with Gasteiger partial charge in [-0.25, -0.2) is 13.6 Å². The van der Waals surface area contributed by atoms with Crippen molar-refractivity contribution in [3.8, 4) is 5.75 Å². The van der Waals surface area contributed by atoms with Gasteiger partial charge in [-0.3, -0.25) is 0 Å². The van der Waals surface area contributed by atoms with Gasteiger partial charge in [0.15, 0.2) is 0 Å². The Balaban J connectivity index is 2.04. The smallest absolute Gasteiger partial charge is 0.345 e. The fourth-order valence-electron chi connectivity index (χ4n) is 1.34. The molecule has 1 aromatic heterocycles. The second-order valence-corrected chi connectivity index (χ2v) is 4.63. The van der Waals surface area contributed by atoms with Crippen LogP contribution in [0.4, 0.5) is 8.78 Å². The molecule has 0 aliphatic heterocycles. The van der Waals surface area contributed by atoms with Gasteiger partial charge in [-0.15, -0.1) is 11.3 Å². The fourth-order valence-corrected chi connectivity index (χ4v) is 2.10. The molecule has 0 amide bonds. The lowest BCUT2D eigenvalue weighted by Gasteiger charge is -2.04. The summed E-state index contributed by atoms with van der Waals surface area (Å²) < 4.78 is 30.9. The van der Waals surface area contributed by atoms with Crippen LogP contribution in [0.15, 0.2) is 30.3 Å². The van der Waals surface area contributed by atoms with E-state index in [4.69, 9.17) is 9.84 Å². The largest absolute Gasteiger partial charge is 0.488 e. The standard InChI is InChI=1S/C12H8F2O3S/c13-7-3-8(14)5-9(4-7)17-6-10-1-2-11(18-10)12(15)16/h1-5H,6H2,(H,15,16). The highest BCUT2D eigenvalue weighted by Crippen LogP contribution is 2.20. The van der Waals surface area contributed by atoms with E-state index in [0.29, 0.717) is 4.88 Å². The molecule has 94 valence electrons. The first kappa shape index (κ1) is 12.5. The minimum Gasteiger partial charge on any atom is -0.488 e. The Morgan fingerprint density at radius 3 is 2.44 bits per heavy atom. The van der Waals surface area contributed by atoms with E-state index in [9.17, 15) is 13.6 Å². The molecule has 0 spiro atoms. The summed E-state index contributed by atoms with van der Waals surface area (Å²) in [4.78, 5) is 11.5. The monoisotopic (exact) mass is 270 g/mol. The van der Waals surface area contributed by atoms with E-state index in [0.717, 1.165) is 29.5 Å². The van der Waals surface area contributed by atoms with Gasteiger partial charge in [-0.2, -0.15) is 0 Å². The van der Waals surface area contributed by atoms with Crippen LogP contribution >= 0.6 is 11.3 Å². The maximum Gasteiger partial charge on any atom is 0.345 e. The second-order valence-electron chi connectivity index (χ2n) is 3.46. The summed E-state index contributed by atoms with van der Waals surface area (Å²) in [6.45, 7) is 0.0703. The summed E-state index contributed by atoms with van der Waals surface area (Å²) >= 11 is 1.06. The van der Waals surface area contributed by atoms with Crippen LogP contribution in [0.2, 0.25) is 0 Å². The summed E-state index contributed by atoms with van der Waals surface area (Å²) in [7, 11) is 0. The van der Waals surface area contributed by atoms with Crippen LogP contribution in [0.3, 0.4) is 0 Å². The van der Waals surface area contributed by atoms with Gasteiger partial charge in [-0.05, 0) is 12.1 Å². The maximum absolute atomic E-state index is 12.9. The molecule has 3 nitrogen and oxygen atoms in total. The van der Waals surface area contributed by atoms with Crippen LogP contribution in [0, 0.1) is 11.6 Å². The van der Waals surface area contributed by atoms with E-state index in [1.807, 2.05) is 0 Å². The Kier molecular flexibility index (Phi) is 3.57. The van der Waals surface area contributed by atoms with Gasteiger partial charge in [0.2, 0.25) is 0 Å². The highest BCUT2D eigenvalue weighted by molar-refractivity contribution is 7.13. The number of carbonyl (C=O) groups is 1. The highest BCUT2D eigenvalue weighted by atomic mass is 32.1. The summed E-state index contributed by atoms with van der Waals surface area (Å²) in [6, 6.07) is 5.94. The van der Waals surface area contributed by atoms with Crippen LogP contribution in [-0.4, -0.2) is 11.1 Å². The number of aromatic carboxylic acids is 1. The minimum atomic E-state index is -1.01. The minimum absolute atomic E-state index is 0.0674. The van der Waals surface area contributed by atoms with Crippen molar-refractivity contribution in [3.05, 3.63) is 51.7 Å². The van der Waals surface area contributed by atoms with Gasteiger partial charge in [0.25, 0.3) is 0 Å². The maximum atomic E-state index is 12.9. The van der Waals surface area contributed by atoms with E-state index in [1.54, 1.807) is 6.07 Å². The number of hydrogen-bond donors (Lipinski definition) is 1. The molecule has 0 aliphatic carbocycles. The normalized spacial score (nSPS) is 10.3. The molecule has 18 heavy (non-hydrogen) atoms. The van der Waals surface area contributed by atoms with Crippen LogP contribution in [0.1, 0.15) is 14.5 Å². The summed E-state index contributed by atoms with van der Waals surface area (Å²) in [5.41, 5.74) is 0. The molecule has 0 unspecified atom stereocenters. The van der Waals surface area contributed by atoms with Crippen molar-refractivity contribution in [1.82, 2.24) is 0 Å². The van der Waals surface area contributed by atoms with E-state index >= 15 is 0 Å². The quantitative estimate of drug-likeness (QED) is 0.927. The molecule has 1 aromatic carbocycles. The van der Waals surface area contributed by atoms with Crippen molar-refractivity contribution >= 4 is 17.3 Å². The number of carboxylic acids is 1. The van der Waals surface area contributed by atoms with E-state index < -0.39 is 17.6 Å². The van der Waals surface area contributed by atoms with E-state index in [2.05, 4.69) is 0 Å². The lowest BCUT2D eigenvalue weighted by Crippen LogP contribution is -1.94. The van der Waals surface area contributed by atoms with Crippen LogP contribution in [0.5, 0.6) is 5.75 Å². The van der Waals surface area contributed by atoms with Gasteiger partial charge in [0.1, 0.15) is 28.9 Å². The molecule has 1 N–H and O–H groups in total. The molecule has 0 saturated heterocycles. The molecule has 2 rings (SSSR count). The molecule has 0 atom stereocenters. The molecular weight excluding hydrogens is 262 g/mol. The zero-order valence-corrected chi connectivity index (χ0v) is 9.84. The highest BCUT2D eigenvalue weighted by Gasteiger charge is 2.08. The number of ether oxygens (including phenoxy) is 1. The molecule has 0 bridgehead atoms. The van der Waals surface area contributed by atoms with Gasteiger partial charge in [0, 0.05) is 23.1 Å². The fraction of sp³-hybridized carbons (Fsp3) is 0.0833. The van der Waals surface area contributed by atoms with Gasteiger partial charge in [0.05, 0.1) is 0 Å².